The first kappa shape index (κ1) is 14.0. The van der Waals surface area contributed by atoms with E-state index in [0.717, 1.165) is 24.8 Å². The number of benzene rings is 1. The smallest absolute Gasteiger partial charge is 0.203 e. The molecule has 0 unspecified atom stereocenters. The molecule has 0 radical (unpaired) electrons. The van der Waals surface area contributed by atoms with Crippen molar-refractivity contribution in [3.63, 3.8) is 0 Å². The normalized spacial score (nSPS) is 16.6. The molecule has 1 aliphatic carbocycles. The maximum Gasteiger partial charge on any atom is 0.203 e. The van der Waals surface area contributed by atoms with E-state index in [1.807, 2.05) is 12.1 Å². The molecule has 0 aliphatic heterocycles. The Balaban J connectivity index is 2.30. The summed E-state index contributed by atoms with van der Waals surface area (Å²) in [5.74, 6) is 1.95. The molecule has 0 heterocycles. The van der Waals surface area contributed by atoms with Crippen molar-refractivity contribution < 1.29 is 19.3 Å². The second-order valence-corrected chi connectivity index (χ2v) is 5.22. The van der Waals surface area contributed by atoms with Gasteiger partial charge in [0.15, 0.2) is 11.5 Å². The third-order valence-electron chi connectivity index (χ3n) is 4.05. The van der Waals surface area contributed by atoms with Gasteiger partial charge in [0.2, 0.25) is 5.75 Å². The van der Waals surface area contributed by atoms with Crippen LogP contribution in [0.2, 0.25) is 0 Å². The molecule has 0 aromatic heterocycles. The summed E-state index contributed by atoms with van der Waals surface area (Å²) in [6.07, 6.45) is 4.21. The Morgan fingerprint density at radius 2 is 1.63 bits per heavy atom. The van der Waals surface area contributed by atoms with Crippen molar-refractivity contribution in [3.05, 3.63) is 17.7 Å². The van der Waals surface area contributed by atoms with Crippen molar-refractivity contribution >= 4 is 0 Å². The van der Waals surface area contributed by atoms with E-state index in [2.05, 4.69) is 0 Å². The fourth-order valence-electron chi connectivity index (χ4n) is 2.74. The van der Waals surface area contributed by atoms with Gasteiger partial charge in [0.05, 0.1) is 21.3 Å². The Morgan fingerprint density at radius 1 is 1.05 bits per heavy atom. The second-order valence-electron chi connectivity index (χ2n) is 5.22. The van der Waals surface area contributed by atoms with Crippen molar-refractivity contribution in [2.24, 2.45) is 5.41 Å². The minimum absolute atomic E-state index is 0.0462. The van der Waals surface area contributed by atoms with Crippen LogP contribution in [0.15, 0.2) is 12.1 Å². The highest BCUT2D eigenvalue weighted by Gasteiger charge is 2.36. The number of methoxy groups -OCH3 is 3. The van der Waals surface area contributed by atoms with E-state index in [1.54, 1.807) is 21.3 Å². The van der Waals surface area contributed by atoms with Gasteiger partial charge in [-0.15, -0.1) is 0 Å². The summed E-state index contributed by atoms with van der Waals surface area (Å²) in [5, 5.41) is 9.56. The van der Waals surface area contributed by atoms with Gasteiger partial charge in [-0.1, -0.05) is 6.42 Å². The quantitative estimate of drug-likeness (QED) is 0.859. The summed E-state index contributed by atoms with van der Waals surface area (Å²) >= 11 is 0. The lowest BCUT2D eigenvalue weighted by atomic mass is 9.66. The highest BCUT2D eigenvalue weighted by Crippen LogP contribution is 2.45. The van der Waals surface area contributed by atoms with Gasteiger partial charge in [-0.2, -0.15) is 0 Å². The molecule has 106 valence electrons. The molecule has 0 bridgehead atoms. The van der Waals surface area contributed by atoms with E-state index >= 15 is 0 Å². The van der Waals surface area contributed by atoms with Crippen LogP contribution in [0.4, 0.5) is 0 Å². The standard InChI is InChI=1S/C15H22O4/c1-17-12-7-11(8-13(18-2)14(12)19-3)9-15(10-16)5-4-6-15/h7-8,16H,4-6,9-10H2,1-3H3. The minimum atomic E-state index is 0.0462. The lowest BCUT2D eigenvalue weighted by molar-refractivity contribution is 0.0449. The van der Waals surface area contributed by atoms with Crippen LogP contribution in [-0.2, 0) is 6.42 Å². The molecule has 4 nitrogen and oxygen atoms in total. The van der Waals surface area contributed by atoms with Crippen LogP contribution < -0.4 is 14.2 Å². The molecule has 2 rings (SSSR count). The van der Waals surface area contributed by atoms with Gasteiger partial charge >= 0.3 is 0 Å². The Bertz CT molecular complexity index is 407. The number of aliphatic hydroxyl groups excluding tert-OH is 1. The van der Waals surface area contributed by atoms with Gasteiger partial charge < -0.3 is 19.3 Å². The molecule has 1 aliphatic rings. The average Bonchev–Trinajstić information content (AvgIpc) is 2.41. The van der Waals surface area contributed by atoms with Gasteiger partial charge in [0.25, 0.3) is 0 Å². The van der Waals surface area contributed by atoms with E-state index in [-0.39, 0.29) is 12.0 Å². The predicted octanol–water partition coefficient (Wildman–Crippen LogP) is 2.42. The summed E-state index contributed by atoms with van der Waals surface area (Å²) in [6, 6.07) is 3.94. The number of rotatable bonds is 6. The van der Waals surface area contributed by atoms with E-state index in [1.165, 1.54) is 6.42 Å². The molecule has 0 spiro atoms. The molecule has 0 saturated heterocycles. The van der Waals surface area contributed by atoms with Crippen LogP contribution in [0.3, 0.4) is 0 Å². The van der Waals surface area contributed by atoms with E-state index in [9.17, 15) is 5.11 Å². The summed E-state index contributed by atoms with van der Waals surface area (Å²) in [5.41, 5.74) is 1.16. The Kier molecular flexibility index (Phi) is 4.20. The minimum Gasteiger partial charge on any atom is -0.493 e. The van der Waals surface area contributed by atoms with Gasteiger partial charge in [-0.3, -0.25) is 0 Å². The fourth-order valence-corrected chi connectivity index (χ4v) is 2.74. The van der Waals surface area contributed by atoms with Crippen molar-refractivity contribution in [2.45, 2.75) is 25.7 Å². The topological polar surface area (TPSA) is 47.9 Å². The van der Waals surface area contributed by atoms with Gasteiger partial charge in [-0.25, -0.2) is 0 Å². The summed E-state index contributed by atoms with van der Waals surface area (Å²) in [4.78, 5) is 0. The molecule has 1 saturated carbocycles. The van der Waals surface area contributed by atoms with Crippen LogP contribution >= 0.6 is 0 Å². The zero-order valence-corrected chi connectivity index (χ0v) is 11.9. The van der Waals surface area contributed by atoms with E-state index < -0.39 is 0 Å². The molecule has 1 aromatic rings. The zero-order valence-electron chi connectivity index (χ0n) is 11.9. The second kappa shape index (κ2) is 5.70. The highest BCUT2D eigenvalue weighted by molar-refractivity contribution is 5.54. The van der Waals surface area contributed by atoms with Crippen molar-refractivity contribution in [2.75, 3.05) is 27.9 Å². The van der Waals surface area contributed by atoms with Crippen LogP contribution in [0.25, 0.3) is 0 Å². The lowest BCUT2D eigenvalue weighted by Gasteiger charge is -2.40. The molecule has 0 atom stereocenters. The summed E-state index contributed by atoms with van der Waals surface area (Å²) < 4.78 is 16.0. The van der Waals surface area contributed by atoms with Crippen LogP contribution in [0.1, 0.15) is 24.8 Å². The van der Waals surface area contributed by atoms with Crippen LogP contribution in [-0.4, -0.2) is 33.0 Å². The largest absolute Gasteiger partial charge is 0.493 e. The molecular formula is C15H22O4. The summed E-state index contributed by atoms with van der Waals surface area (Å²) in [6.45, 7) is 0.240. The Labute approximate surface area is 114 Å². The molecule has 0 amide bonds. The molecule has 1 aromatic carbocycles. The van der Waals surface area contributed by atoms with Gasteiger partial charge in [-0.05, 0) is 42.4 Å². The Morgan fingerprint density at radius 3 is 1.95 bits per heavy atom. The number of ether oxygens (including phenoxy) is 3. The average molecular weight is 266 g/mol. The Hall–Kier alpha value is -1.42. The summed E-state index contributed by atoms with van der Waals surface area (Å²) in [7, 11) is 4.83. The maximum absolute atomic E-state index is 9.56. The van der Waals surface area contributed by atoms with Gasteiger partial charge in [0.1, 0.15) is 0 Å². The monoisotopic (exact) mass is 266 g/mol. The van der Waals surface area contributed by atoms with E-state index in [4.69, 9.17) is 14.2 Å². The predicted molar refractivity (Wildman–Crippen MR) is 73.2 cm³/mol. The first-order valence-corrected chi connectivity index (χ1v) is 6.58. The first-order chi connectivity index (χ1) is 9.18. The van der Waals surface area contributed by atoms with Crippen LogP contribution in [0, 0.1) is 5.41 Å². The van der Waals surface area contributed by atoms with Crippen molar-refractivity contribution in [1.82, 2.24) is 0 Å². The molecule has 19 heavy (non-hydrogen) atoms. The van der Waals surface area contributed by atoms with Crippen LogP contribution in [0.5, 0.6) is 17.2 Å². The highest BCUT2D eigenvalue weighted by atomic mass is 16.5. The SMILES string of the molecule is COc1cc(CC2(CO)CCC2)cc(OC)c1OC. The molecule has 1 N–H and O–H groups in total. The number of hydrogen-bond donors (Lipinski definition) is 1. The van der Waals surface area contributed by atoms with Crippen molar-refractivity contribution in [1.29, 1.82) is 0 Å². The third kappa shape index (κ3) is 2.63. The molecular weight excluding hydrogens is 244 g/mol. The maximum atomic E-state index is 9.56. The fraction of sp³-hybridized carbons (Fsp3) is 0.600. The van der Waals surface area contributed by atoms with E-state index in [0.29, 0.717) is 17.2 Å². The molecule has 1 fully saturated rings. The zero-order chi connectivity index (χ0) is 13.9. The number of hydrogen-bond acceptors (Lipinski definition) is 4. The van der Waals surface area contributed by atoms with Gasteiger partial charge in [0, 0.05) is 6.61 Å². The third-order valence-corrected chi connectivity index (χ3v) is 4.05. The number of aliphatic hydroxyl groups is 1. The lowest BCUT2D eigenvalue weighted by Crippen LogP contribution is -2.35. The van der Waals surface area contributed by atoms with Crippen molar-refractivity contribution in [3.8, 4) is 17.2 Å². The molecule has 4 heteroatoms. The first-order valence-electron chi connectivity index (χ1n) is 6.58.